The Morgan fingerprint density at radius 1 is 1.19 bits per heavy atom. The Morgan fingerprint density at radius 3 is 2.56 bits per heavy atom. The summed E-state index contributed by atoms with van der Waals surface area (Å²) in [5.74, 6) is 1.40. The van der Waals surface area contributed by atoms with Crippen molar-refractivity contribution in [3.05, 3.63) is 35.0 Å². The van der Waals surface area contributed by atoms with Crippen molar-refractivity contribution in [1.82, 2.24) is 15.1 Å². The number of ketones is 1. The smallest absolute Gasteiger partial charge is 0.223 e. The van der Waals surface area contributed by atoms with E-state index in [-0.39, 0.29) is 11.6 Å². The molecule has 140 valence electrons. The Balaban J connectivity index is 1.99. The van der Waals surface area contributed by atoms with Crippen molar-refractivity contribution in [2.75, 3.05) is 18.0 Å². The number of hydrogen-bond acceptors (Lipinski definition) is 6. The summed E-state index contributed by atoms with van der Waals surface area (Å²) in [5, 5.41) is 4.83. The maximum Gasteiger partial charge on any atom is 0.223 e. The van der Waals surface area contributed by atoms with E-state index in [1.807, 2.05) is 24.8 Å². The van der Waals surface area contributed by atoms with E-state index in [0.29, 0.717) is 49.0 Å². The van der Waals surface area contributed by atoms with Gasteiger partial charge in [-0.25, -0.2) is 9.37 Å². The molecule has 7 heteroatoms. The molecule has 0 bridgehead atoms. The van der Waals surface area contributed by atoms with Crippen LogP contribution in [0.1, 0.15) is 36.8 Å². The molecule has 6 nitrogen and oxygen atoms in total. The zero-order valence-electron chi connectivity index (χ0n) is 15.7. The lowest BCUT2D eigenvalue weighted by atomic mass is 9.99. The number of piperidine rings is 1. The van der Waals surface area contributed by atoms with Gasteiger partial charge in [-0.05, 0) is 36.6 Å². The average Bonchev–Trinajstić information content (AvgIpc) is 3.08. The highest BCUT2D eigenvalue weighted by Gasteiger charge is 2.26. The Labute approximate surface area is 156 Å². The van der Waals surface area contributed by atoms with Crippen LogP contribution in [-0.2, 0) is 11.2 Å². The van der Waals surface area contributed by atoms with Gasteiger partial charge in [-0.15, -0.1) is 0 Å². The Kier molecular flexibility index (Phi) is 4.37. The Bertz CT molecular complexity index is 1030. The van der Waals surface area contributed by atoms with Crippen LogP contribution in [0.15, 0.2) is 16.7 Å². The zero-order valence-corrected chi connectivity index (χ0v) is 15.7. The molecule has 0 amide bonds. The highest BCUT2D eigenvalue weighted by atomic mass is 19.1. The van der Waals surface area contributed by atoms with Crippen molar-refractivity contribution >= 4 is 22.5 Å². The van der Waals surface area contributed by atoms with Gasteiger partial charge in [0.05, 0.1) is 5.56 Å². The lowest BCUT2D eigenvalue weighted by Gasteiger charge is -2.29. The van der Waals surface area contributed by atoms with Crippen molar-refractivity contribution in [1.29, 1.82) is 0 Å². The Morgan fingerprint density at radius 2 is 1.93 bits per heavy atom. The number of benzene rings is 1. The molecule has 1 fully saturated rings. The third kappa shape index (κ3) is 3.07. The molecule has 0 N–H and O–H groups in total. The molecule has 3 aromatic rings. The van der Waals surface area contributed by atoms with Gasteiger partial charge in [0, 0.05) is 38.2 Å². The molecule has 4 rings (SSSR count). The number of pyridine rings is 1. The van der Waals surface area contributed by atoms with Crippen LogP contribution in [0, 0.1) is 19.7 Å². The number of anilines is 1. The molecule has 0 saturated carbocycles. The zero-order chi connectivity index (χ0) is 19.1. The fourth-order valence-corrected chi connectivity index (χ4v) is 3.59. The van der Waals surface area contributed by atoms with Gasteiger partial charge in [-0.2, -0.15) is 4.98 Å². The summed E-state index contributed by atoms with van der Waals surface area (Å²) >= 11 is 0. The van der Waals surface area contributed by atoms with Crippen LogP contribution in [0.5, 0.6) is 0 Å². The number of halogens is 1. The second-order valence-corrected chi connectivity index (χ2v) is 6.93. The molecule has 1 aromatic carbocycles. The molecule has 2 aromatic heterocycles. The topological polar surface area (TPSA) is 72.1 Å². The van der Waals surface area contributed by atoms with Crippen LogP contribution in [0.25, 0.3) is 22.3 Å². The van der Waals surface area contributed by atoms with E-state index in [9.17, 15) is 9.18 Å². The van der Waals surface area contributed by atoms with Gasteiger partial charge in [0.1, 0.15) is 22.9 Å². The quantitative estimate of drug-likeness (QED) is 0.701. The maximum absolute atomic E-state index is 14.8. The van der Waals surface area contributed by atoms with Crippen LogP contribution in [-0.4, -0.2) is 34.0 Å². The summed E-state index contributed by atoms with van der Waals surface area (Å²) in [6.45, 7) is 6.76. The number of fused-ring (bicyclic) bond motifs is 1. The van der Waals surface area contributed by atoms with E-state index in [1.165, 1.54) is 6.07 Å². The number of hydrogen-bond donors (Lipinski definition) is 0. The number of aryl methyl sites for hydroxylation is 3. The number of aromatic nitrogens is 3. The normalized spacial score (nSPS) is 15.0. The first-order chi connectivity index (χ1) is 13.0. The third-order valence-electron chi connectivity index (χ3n) is 5.12. The van der Waals surface area contributed by atoms with E-state index >= 15 is 0 Å². The van der Waals surface area contributed by atoms with Crippen molar-refractivity contribution in [3.8, 4) is 11.4 Å². The number of Topliss-reactive ketones (excluding diaryl/α,β-unsaturated/α-hetero) is 1. The molecule has 3 heterocycles. The van der Waals surface area contributed by atoms with Gasteiger partial charge in [0.15, 0.2) is 0 Å². The number of nitrogens with zero attached hydrogens (tertiary/aromatic N) is 4. The summed E-state index contributed by atoms with van der Waals surface area (Å²) in [6, 6.07) is 3.51. The summed E-state index contributed by atoms with van der Waals surface area (Å²) in [7, 11) is 0. The van der Waals surface area contributed by atoms with Crippen LogP contribution < -0.4 is 4.90 Å². The molecule has 0 unspecified atom stereocenters. The van der Waals surface area contributed by atoms with Crippen molar-refractivity contribution < 1.29 is 13.7 Å². The van der Waals surface area contributed by atoms with Crippen LogP contribution in [0.4, 0.5) is 10.2 Å². The fraction of sp³-hybridized carbons (Fsp3) is 0.400. The first-order valence-electron chi connectivity index (χ1n) is 9.18. The number of carbonyl (C=O) groups excluding carboxylic acids is 1. The molecule has 1 aliphatic rings. The van der Waals surface area contributed by atoms with Gasteiger partial charge in [0.2, 0.25) is 11.7 Å². The van der Waals surface area contributed by atoms with E-state index in [0.717, 1.165) is 28.5 Å². The monoisotopic (exact) mass is 368 g/mol. The van der Waals surface area contributed by atoms with E-state index in [4.69, 9.17) is 4.52 Å². The van der Waals surface area contributed by atoms with Gasteiger partial charge in [0.25, 0.3) is 0 Å². The van der Waals surface area contributed by atoms with Crippen LogP contribution in [0.3, 0.4) is 0 Å². The lowest BCUT2D eigenvalue weighted by molar-refractivity contribution is -0.119. The predicted molar refractivity (Wildman–Crippen MR) is 100 cm³/mol. The number of carbonyl (C=O) groups is 1. The largest absolute Gasteiger partial charge is 0.355 e. The molecule has 1 aliphatic heterocycles. The third-order valence-corrected chi connectivity index (χ3v) is 5.12. The van der Waals surface area contributed by atoms with Crippen LogP contribution >= 0.6 is 0 Å². The summed E-state index contributed by atoms with van der Waals surface area (Å²) in [5.41, 5.74) is 2.85. The van der Waals surface area contributed by atoms with Gasteiger partial charge >= 0.3 is 0 Å². The molecule has 1 saturated heterocycles. The summed E-state index contributed by atoms with van der Waals surface area (Å²) in [6.07, 6.45) is 1.65. The first-order valence-corrected chi connectivity index (χ1v) is 9.18. The van der Waals surface area contributed by atoms with Crippen LogP contribution in [0.2, 0.25) is 0 Å². The molecule has 27 heavy (non-hydrogen) atoms. The van der Waals surface area contributed by atoms with E-state index < -0.39 is 0 Å². The SMILES string of the molecule is CCc1cc(F)c2nc(N3CCC(=O)CC3)c(-c3noc(C)n3)c(C)c2c1. The second kappa shape index (κ2) is 6.72. The highest BCUT2D eigenvalue weighted by molar-refractivity contribution is 5.94. The summed E-state index contributed by atoms with van der Waals surface area (Å²) < 4.78 is 20.0. The average molecular weight is 368 g/mol. The Hall–Kier alpha value is -2.83. The minimum Gasteiger partial charge on any atom is -0.355 e. The molecular weight excluding hydrogens is 347 g/mol. The highest BCUT2D eigenvalue weighted by Crippen LogP contribution is 2.37. The first kappa shape index (κ1) is 17.6. The van der Waals surface area contributed by atoms with Crippen molar-refractivity contribution in [3.63, 3.8) is 0 Å². The summed E-state index contributed by atoms with van der Waals surface area (Å²) in [4.78, 5) is 22.7. The number of rotatable bonds is 3. The van der Waals surface area contributed by atoms with Gasteiger partial charge < -0.3 is 9.42 Å². The second-order valence-electron chi connectivity index (χ2n) is 6.93. The maximum atomic E-state index is 14.8. The molecule has 0 aliphatic carbocycles. The minimum atomic E-state index is -0.336. The van der Waals surface area contributed by atoms with Gasteiger partial charge in [-0.3, -0.25) is 4.79 Å². The lowest BCUT2D eigenvalue weighted by Crippen LogP contribution is -2.35. The molecule has 0 spiro atoms. The van der Waals surface area contributed by atoms with Gasteiger partial charge in [-0.1, -0.05) is 12.1 Å². The standard InChI is InChI=1S/C20H21FN4O2/c1-4-13-9-15-11(2)17(19-22-12(3)27-24-19)20(23-18(15)16(21)10-13)25-7-5-14(26)6-8-25/h9-10H,4-8H2,1-3H3. The molecule has 0 atom stereocenters. The molecule has 0 radical (unpaired) electrons. The van der Waals surface area contributed by atoms with Crippen molar-refractivity contribution in [2.24, 2.45) is 0 Å². The van der Waals surface area contributed by atoms with E-state index in [2.05, 4.69) is 15.1 Å². The fourth-order valence-electron chi connectivity index (χ4n) is 3.59. The van der Waals surface area contributed by atoms with E-state index in [1.54, 1.807) is 6.92 Å². The predicted octanol–water partition coefficient (Wildman–Crippen LogP) is 3.77. The molecular formula is C20H21FN4O2. The van der Waals surface area contributed by atoms with Crippen molar-refractivity contribution in [2.45, 2.75) is 40.0 Å². The minimum absolute atomic E-state index is 0.236.